The number of nitrogens with one attached hydrogen (secondary N) is 2. The van der Waals surface area contributed by atoms with Gasteiger partial charge in [-0.3, -0.25) is 9.59 Å². The van der Waals surface area contributed by atoms with Gasteiger partial charge >= 0.3 is 0 Å². The number of nitrogens with zero attached hydrogens (tertiary/aromatic N) is 3. The fourth-order valence-electron chi connectivity index (χ4n) is 4.20. The molecule has 1 atom stereocenters. The summed E-state index contributed by atoms with van der Waals surface area (Å²) in [6, 6.07) is 9.08. The van der Waals surface area contributed by atoms with Gasteiger partial charge in [-0.05, 0) is 66.5 Å². The first-order chi connectivity index (χ1) is 16.2. The van der Waals surface area contributed by atoms with Gasteiger partial charge in [-0.15, -0.1) is 21.5 Å². The molecule has 0 saturated heterocycles. The van der Waals surface area contributed by atoms with E-state index in [0.29, 0.717) is 27.7 Å². The molecule has 7 nitrogen and oxygen atoms in total. The first kappa shape index (κ1) is 24.5. The van der Waals surface area contributed by atoms with Gasteiger partial charge in [0.2, 0.25) is 5.91 Å². The highest BCUT2D eigenvalue weighted by Gasteiger charge is 2.30. The van der Waals surface area contributed by atoms with Crippen LogP contribution in [0.15, 0.2) is 35.5 Å². The molecule has 1 aliphatic carbocycles. The highest BCUT2D eigenvalue weighted by molar-refractivity contribution is 7.99. The number of hydrogen-bond acceptors (Lipinski definition) is 6. The monoisotopic (exact) mass is 497 g/mol. The van der Waals surface area contributed by atoms with Crippen molar-refractivity contribution in [3.05, 3.63) is 46.3 Å². The van der Waals surface area contributed by atoms with Crippen molar-refractivity contribution in [3.63, 3.8) is 0 Å². The molecule has 9 heteroatoms. The third-order valence-electron chi connectivity index (χ3n) is 6.35. The van der Waals surface area contributed by atoms with Gasteiger partial charge in [0.15, 0.2) is 11.0 Å². The smallest absolute Gasteiger partial charge is 0.251 e. The van der Waals surface area contributed by atoms with Crippen molar-refractivity contribution >= 4 is 40.6 Å². The van der Waals surface area contributed by atoms with Crippen LogP contribution in [0.25, 0.3) is 10.7 Å². The Balaban J connectivity index is 1.37. The lowest BCUT2D eigenvalue weighted by Gasteiger charge is -2.33. The molecule has 0 saturated carbocycles. The number of fused-ring (bicyclic) bond motifs is 1. The second-order valence-corrected chi connectivity index (χ2v) is 11.8. The summed E-state index contributed by atoms with van der Waals surface area (Å²) in [6.45, 7) is 6.99. The van der Waals surface area contributed by atoms with Crippen LogP contribution in [0.1, 0.15) is 48.0 Å². The summed E-state index contributed by atoms with van der Waals surface area (Å²) in [4.78, 5) is 26.7. The Labute approximate surface area is 208 Å². The number of carbonyl (C=O) groups is 2. The minimum Gasteiger partial charge on any atom is -0.355 e. The molecular weight excluding hydrogens is 466 g/mol. The van der Waals surface area contributed by atoms with Gasteiger partial charge in [0.05, 0.1) is 10.6 Å². The lowest BCUT2D eigenvalue weighted by molar-refractivity contribution is -0.113. The van der Waals surface area contributed by atoms with Crippen molar-refractivity contribution in [2.45, 2.75) is 45.2 Å². The maximum atomic E-state index is 12.4. The number of carbonyl (C=O) groups excluding carboxylic acids is 2. The molecule has 0 bridgehead atoms. The van der Waals surface area contributed by atoms with Crippen molar-refractivity contribution < 1.29 is 9.59 Å². The molecule has 0 spiro atoms. The fraction of sp³-hybridized carbons (Fsp3) is 0.440. The lowest BCUT2D eigenvalue weighted by atomic mass is 9.72. The highest BCUT2D eigenvalue weighted by Crippen LogP contribution is 2.42. The molecule has 2 aromatic heterocycles. The average Bonchev–Trinajstić information content (AvgIpc) is 3.39. The SMILES string of the molecule is CNC(=O)c1ccc(NC(=O)CSc2nnc(-c3cc4c(s3)CCC(C(C)(C)C)C4)n2C)cc1. The van der Waals surface area contributed by atoms with Crippen molar-refractivity contribution in [1.82, 2.24) is 20.1 Å². The lowest BCUT2D eigenvalue weighted by Crippen LogP contribution is -2.26. The largest absolute Gasteiger partial charge is 0.355 e. The Morgan fingerprint density at radius 2 is 1.94 bits per heavy atom. The van der Waals surface area contributed by atoms with Crippen LogP contribution in [-0.2, 0) is 24.7 Å². The van der Waals surface area contributed by atoms with E-state index in [2.05, 4.69) is 47.7 Å². The van der Waals surface area contributed by atoms with Gasteiger partial charge in [-0.25, -0.2) is 0 Å². The Bertz CT molecular complexity index is 1190. The van der Waals surface area contributed by atoms with Gasteiger partial charge in [-0.2, -0.15) is 0 Å². The number of anilines is 1. The van der Waals surface area contributed by atoms with Crippen molar-refractivity contribution in [2.24, 2.45) is 18.4 Å². The molecule has 0 radical (unpaired) electrons. The zero-order valence-corrected chi connectivity index (χ0v) is 21.9. The zero-order valence-electron chi connectivity index (χ0n) is 20.3. The van der Waals surface area contributed by atoms with Gasteiger partial charge in [0.1, 0.15) is 0 Å². The zero-order chi connectivity index (χ0) is 24.5. The third kappa shape index (κ3) is 5.36. The van der Waals surface area contributed by atoms with E-state index in [9.17, 15) is 9.59 Å². The van der Waals surface area contributed by atoms with Gasteiger partial charge < -0.3 is 15.2 Å². The Kier molecular flexibility index (Phi) is 7.14. The van der Waals surface area contributed by atoms with Crippen LogP contribution in [0.3, 0.4) is 0 Å². The van der Waals surface area contributed by atoms with E-state index < -0.39 is 0 Å². The van der Waals surface area contributed by atoms with E-state index in [1.807, 2.05) is 23.0 Å². The number of thioether (sulfide) groups is 1. The van der Waals surface area contributed by atoms with E-state index in [1.54, 1.807) is 31.3 Å². The number of rotatable bonds is 6. The summed E-state index contributed by atoms with van der Waals surface area (Å²) in [5, 5.41) is 14.9. The minimum atomic E-state index is -0.160. The van der Waals surface area contributed by atoms with E-state index in [-0.39, 0.29) is 17.6 Å². The van der Waals surface area contributed by atoms with Crippen LogP contribution in [0.4, 0.5) is 5.69 Å². The molecule has 34 heavy (non-hydrogen) atoms. The number of amides is 2. The van der Waals surface area contributed by atoms with Crippen LogP contribution < -0.4 is 10.6 Å². The quantitative estimate of drug-likeness (QED) is 0.478. The van der Waals surface area contributed by atoms with Crippen molar-refractivity contribution in [3.8, 4) is 10.7 Å². The van der Waals surface area contributed by atoms with Crippen LogP contribution >= 0.6 is 23.1 Å². The first-order valence-electron chi connectivity index (χ1n) is 11.4. The highest BCUT2D eigenvalue weighted by atomic mass is 32.2. The molecule has 1 aliphatic rings. The van der Waals surface area contributed by atoms with Crippen LogP contribution in [0, 0.1) is 11.3 Å². The summed E-state index contributed by atoms with van der Waals surface area (Å²) in [6.07, 6.45) is 3.49. The average molecular weight is 498 g/mol. The summed E-state index contributed by atoms with van der Waals surface area (Å²) < 4.78 is 1.97. The maximum absolute atomic E-state index is 12.4. The number of aromatic nitrogens is 3. The van der Waals surface area contributed by atoms with Crippen LogP contribution in [-0.4, -0.2) is 39.4 Å². The molecular formula is C25H31N5O2S2. The van der Waals surface area contributed by atoms with Crippen molar-refractivity contribution in [2.75, 3.05) is 18.1 Å². The Hall–Kier alpha value is -2.65. The molecule has 1 aromatic carbocycles. The standard InChI is InChI=1S/C25H31N5O2S2/c1-25(2,3)17-8-11-19-16(12-17)13-20(34-19)22-28-29-24(30(22)5)33-14-21(31)27-18-9-6-15(7-10-18)23(32)26-4/h6-7,9-10,13,17H,8,11-12,14H2,1-5H3,(H,26,32)(H,27,31). The topological polar surface area (TPSA) is 88.9 Å². The van der Waals surface area contributed by atoms with Gasteiger partial charge in [0, 0.05) is 30.2 Å². The van der Waals surface area contributed by atoms with E-state index in [4.69, 9.17) is 0 Å². The van der Waals surface area contributed by atoms with E-state index in [0.717, 1.165) is 23.5 Å². The third-order valence-corrected chi connectivity index (χ3v) is 8.61. The second-order valence-electron chi connectivity index (χ2n) is 9.72. The molecule has 2 amide bonds. The molecule has 180 valence electrons. The molecule has 2 heterocycles. The Morgan fingerprint density at radius 3 is 2.62 bits per heavy atom. The normalized spacial score (nSPS) is 15.6. The number of hydrogen-bond donors (Lipinski definition) is 2. The molecule has 4 rings (SSSR count). The van der Waals surface area contributed by atoms with E-state index in [1.165, 1.54) is 28.6 Å². The predicted octanol–water partition coefficient (Wildman–Crippen LogP) is 4.79. The second kappa shape index (κ2) is 9.92. The van der Waals surface area contributed by atoms with Gasteiger partial charge in [0.25, 0.3) is 5.91 Å². The minimum absolute atomic E-state index is 0.137. The van der Waals surface area contributed by atoms with Crippen LogP contribution in [0.5, 0.6) is 0 Å². The number of benzene rings is 1. The Morgan fingerprint density at radius 1 is 1.21 bits per heavy atom. The number of thiophene rings is 1. The van der Waals surface area contributed by atoms with Crippen LogP contribution in [0.2, 0.25) is 0 Å². The van der Waals surface area contributed by atoms with Crippen molar-refractivity contribution in [1.29, 1.82) is 0 Å². The summed E-state index contributed by atoms with van der Waals surface area (Å²) in [5.41, 5.74) is 2.96. The molecule has 3 aromatic rings. The molecule has 0 fully saturated rings. The first-order valence-corrected chi connectivity index (χ1v) is 13.2. The van der Waals surface area contributed by atoms with E-state index >= 15 is 0 Å². The predicted molar refractivity (Wildman–Crippen MR) is 138 cm³/mol. The molecule has 0 aliphatic heterocycles. The number of aryl methyl sites for hydroxylation is 1. The summed E-state index contributed by atoms with van der Waals surface area (Å²) in [7, 11) is 3.53. The molecule has 2 N–H and O–H groups in total. The summed E-state index contributed by atoms with van der Waals surface area (Å²) >= 11 is 3.18. The summed E-state index contributed by atoms with van der Waals surface area (Å²) in [5.74, 6) is 1.47. The fourth-order valence-corrected chi connectivity index (χ4v) is 6.14. The van der Waals surface area contributed by atoms with Gasteiger partial charge in [-0.1, -0.05) is 32.5 Å². The molecule has 1 unspecified atom stereocenters. The maximum Gasteiger partial charge on any atom is 0.251 e.